The van der Waals surface area contributed by atoms with Crippen LogP contribution in [0.15, 0.2) is 0 Å². The van der Waals surface area contributed by atoms with E-state index in [1.165, 1.54) is 0 Å². The van der Waals surface area contributed by atoms with Crippen LogP contribution in [0.2, 0.25) is 0 Å². The van der Waals surface area contributed by atoms with Crippen molar-refractivity contribution in [3.8, 4) is 0 Å². The Bertz CT molecular complexity index is 213. The molecule has 1 fully saturated rings. The van der Waals surface area contributed by atoms with Crippen LogP contribution in [-0.4, -0.2) is 30.7 Å². The van der Waals surface area contributed by atoms with E-state index < -0.39 is 5.60 Å². The fraction of sp³-hybridized carbons (Fsp3) is 0.909. The molecule has 0 saturated carbocycles. The summed E-state index contributed by atoms with van der Waals surface area (Å²) >= 11 is 0. The smallest absolute Gasteiger partial charge is 0.252 e. The summed E-state index contributed by atoms with van der Waals surface area (Å²) in [5, 5.41) is 2.98. The normalized spacial score (nSPS) is 27.7. The van der Waals surface area contributed by atoms with Crippen molar-refractivity contribution in [1.29, 1.82) is 0 Å². The second kappa shape index (κ2) is 5.47. The Balaban J connectivity index is 2.34. The maximum atomic E-state index is 11.9. The lowest BCUT2D eigenvalue weighted by Gasteiger charge is -2.24. The van der Waals surface area contributed by atoms with Crippen LogP contribution in [-0.2, 0) is 9.53 Å². The van der Waals surface area contributed by atoms with E-state index in [1.807, 2.05) is 13.8 Å². The Morgan fingerprint density at radius 2 is 2.40 bits per heavy atom. The number of hydrogen-bond donors (Lipinski definition) is 2. The van der Waals surface area contributed by atoms with Crippen LogP contribution in [0.25, 0.3) is 0 Å². The molecule has 0 aromatic carbocycles. The summed E-state index contributed by atoms with van der Waals surface area (Å²) < 4.78 is 5.47. The predicted octanol–water partition coefficient (Wildman–Crippen LogP) is 0.799. The summed E-state index contributed by atoms with van der Waals surface area (Å²) in [5.74, 6) is 0.0181. The Hall–Kier alpha value is -0.610. The third-order valence-electron chi connectivity index (χ3n) is 2.92. The molecule has 1 aliphatic heterocycles. The minimum atomic E-state index is -0.600. The molecular weight excluding hydrogens is 192 g/mol. The highest BCUT2D eigenvalue weighted by Gasteiger charge is 2.37. The van der Waals surface area contributed by atoms with Crippen molar-refractivity contribution < 1.29 is 9.53 Å². The zero-order valence-corrected chi connectivity index (χ0v) is 9.71. The number of ether oxygens (including phenoxy) is 1. The van der Waals surface area contributed by atoms with Gasteiger partial charge in [0.2, 0.25) is 0 Å². The van der Waals surface area contributed by atoms with E-state index in [4.69, 9.17) is 10.5 Å². The van der Waals surface area contributed by atoms with Crippen LogP contribution >= 0.6 is 0 Å². The van der Waals surface area contributed by atoms with Crippen LogP contribution in [0.1, 0.15) is 39.5 Å². The van der Waals surface area contributed by atoms with Crippen LogP contribution < -0.4 is 11.1 Å². The van der Waals surface area contributed by atoms with Gasteiger partial charge < -0.3 is 15.8 Å². The molecule has 0 bridgehead atoms. The number of nitrogens with two attached hydrogens (primary N) is 1. The second-order valence-electron chi connectivity index (χ2n) is 4.49. The van der Waals surface area contributed by atoms with Gasteiger partial charge in [0.25, 0.3) is 5.91 Å². The standard InChI is InChI=1S/C11H22N2O2/c1-9(5-3-7-12)13-10(14)11(2)6-4-8-15-11/h9H,3-8,12H2,1-2H3,(H,13,14). The molecule has 0 spiro atoms. The number of carbonyl (C=O) groups excluding carboxylic acids is 1. The fourth-order valence-corrected chi connectivity index (χ4v) is 1.83. The van der Waals surface area contributed by atoms with Gasteiger partial charge in [-0.05, 0) is 46.1 Å². The Kier molecular flexibility index (Phi) is 4.54. The van der Waals surface area contributed by atoms with E-state index in [-0.39, 0.29) is 11.9 Å². The Labute approximate surface area is 91.5 Å². The molecule has 1 rings (SSSR count). The molecule has 0 aromatic rings. The molecule has 1 amide bonds. The molecule has 2 unspecified atom stereocenters. The van der Waals surface area contributed by atoms with Crippen molar-refractivity contribution in [2.45, 2.75) is 51.2 Å². The number of nitrogens with one attached hydrogen (secondary N) is 1. The van der Waals surface area contributed by atoms with E-state index in [2.05, 4.69) is 5.32 Å². The van der Waals surface area contributed by atoms with Gasteiger partial charge in [0.15, 0.2) is 0 Å². The first-order valence-corrected chi connectivity index (χ1v) is 5.73. The third-order valence-corrected chi connectivity index (χ3v) is 2.92. The van der Waals surface area contributed by atoms with Gasteiger partial charge in [0, 0.05) is 12.6 Å². The topological polar surface area (TPSA) is 64.3 Å². The van der Waals surface area contributed by atoms with Gasteiger partial charge in [-0.15, -0.1) is 0 Å². The monoisotopic (exact) mass is 214 g/mol. The van der Waals surface area contributed by atoms with Gasteiger partial charge in [-0.2, -0.15) is 0 Å². The lowest BCUT2D eigenvalue weighted by Crippen LogP contribution is -2.47. The quantitative estimate of drug-likeness (QED) is 0.711. The van der Waals surface area contributed by atoms with E-state index >= 15 is 0 Å². The summed E-state index contributed by atoms with van der Waals surface area (Å²) in [4.78, 5) is 11.9. The minimum Gasteiger partial charge on any atom is -0.365 e. The van der Waals surface area contributed by atoms with Crippen LogP contribution in [0.5, 0.6) is 0 Å². The van der Waals surface area contributed by atoms with Crippen molar-refractivity contribution in [2.75, 3.05) is 13.2 Å². The van der Waals surface area contributed by atoms with Crippen LogP contribution in [0.3, 0.4) is 0 Å². The van der Waals surface area contributed by atoms with Crippen molar-refractivity contribution in [2.24, 2.45) is 5.73 Å². The summed E-state index contributed by atoms with van der Waals surface area (Å²) in [6, 6.07) is 0.182. The average Bonchev–Trinajstić information content (AvgIpc) is 2.63. The van der Waals surface area contributed by atoms with Crippen molar-refractivity contribution in [3.05, 3.63) is 0 Å². The number of carbonyl (C=O) groups is 1. The molecule has 0 aromatic heterocycles. The lowest BCUT2D eigenvalue weighted by atomic mass is 10.0. The maximum absolute atomic E-state index is 11.9. The van der Waals surface area contributed by atoms with E-state index in [1.54, 1.807) is 0 Å². The fourth-order valence-electron chi connectivity index (χ4n) is 1.83. The molecule has 1 aliphatic rings. The van der Waals surface area contributed by atoms with E-state index in [0.29, 0.717) is 13.2 Å². The highest BCUT2D eigenvalue weighted by Crippen LogP contribution is 2.25. The lowest BCUT2D eigenvalue weighted by molar-refractivity contribution is -0.140. The highest BCUT2D eigenvalue weighted by molar-refractivity contribution is 5.85. The van der Waals surface area contributed by atoms with Gasteiger partial charge in [-0.1, -0.05) is 0 Å². The summed E-state index contributed by atoms with van der Waals surface area (Å²) in [5.41, 5.74) is 4.82. The Morgan fingerprint density at radius 1 is 1.67 bits per heavy atom. The highest BCUT2D eigenvalue weighted by atomic mass is 16.5. The molecule has 4 heteroatoms. The first-order chi connectivity index (χ1) is 7.08. The molecule has 0 radical (unpaired) electrons. The molecule has 15 heavy (non-hydrogen) atoms. The van der Waals surface area contributed by atoms with Gasteiger partial charge in [0.1, 0.15) is 5.60 Å². The number of hydrogen-bond acceptors (Lipinski definition) is 3. The minimum absolute atomic E-state index is 0.0181. The SMILES string of the molecule is CC(CCCN)NC(=O)C1(C)CCCO1. The molecular formula is C11H22N2O2. The van der Waals surface area contributed by atoms with Crippen molar-refractivity contribution >= 4 is 5.91 Å². The van der Waals surface area contributed by atoms with Gasteiger partial charge >= 0.3 is 0 Å². The molecule has 1 heterocycles. The molecule has 1 saturated heterocycles. The van der Waals surface area contributed by atoms with Crippen LogP contribution in [0, 0.1) is 0 Å². The summed E-state index contributed by atoms with van der Waals surface area (Å²) in [6.45, 7) is 5.24. The molecule has 2 atom stereocenters. The van der Waals surface area contributed by atoms with E-state index in [0.717, 1.165) is 25.7 Å². The van der Waals surface area contributed by atoms with Crippen molar-refractivity contribution in [1.82, 2.24) is 5.32 Å². The second-order valence-corrected chi connectivity index (χ2v) is 4.49. The summed E-state index contributed by atoms with van der Waals surface area (Å²) in [6.07, 6.45) is 3.67. The summed E-state index contributed by atoms with van der Waals surface area (Å²) in [7, 11) is 0. The zero-order chi connectivity index (χ0) is 11.3. The van der Waals surface area contributed by atoms with Gasteiger partial charge in [-0.3, -0.25) is 4.79 Å². The molecule has 3 N–H and O–H groups in total. The van der Waals surface area contributed by atoms with Gasteiger partial charge in [-0.25, -0.2) is 0 Å². The zero-order valence-electron chi connectivity index (χ0n) is 9.71. The molecule has 0 aliphatic carbocycles. The average molecular weight is 214 g/mol. The third kappa shape index (κ3) is 3.47. The number of rotatable bonds is 5. The first kappa shape index (κ1) is 12.5. The van der Waals surface area contributed by atoms with E-state index in [9.17, 15) is 4.79 Å². The molecule has 88 valence electrons. The first-order valence-electron chi connectivity index (χ1n) is 5.73. The number of amides is 1. The largest absolute Gasteiger partial charge is 0.365 e. The van der Waals surface area contributed by atoms with Crippen molar-refractivity contribution in [3.63, 3.8) is 0 Å². The van der Waals surface area contributed by atoms with Crippen LogP contribution in [0.4, 0.5) is 0 Å². The maximum Gasteiger partial charge on any atom is 0.252 e. The Morgan fingerprint density at radius 3 is 2.93 bits per heavy atom. The van der Waals surface area contributed by atoms with Gasteiger partial charge in [0.05, 0.1) is 0 Å². The molecule has 4 nitrogen and oxygen atoms in total. The predicted molar refractivity (Wildman–Crippen MR) is 59.5 cm³/mol.